The van der Waals surface area contributed by atoms with Crippen LogP contribution < -0.4 is 10.9 Å². The molecule has 0 bridgehead atoms. The van der Waals surface area contributed by atoms with Gasteiger partial charge in [-0.1, -0.05) is 37.5 Å². The van der Waals surface area contributed by atoms with Crippen molar-refractivity contribution >= 4 is 28.6 Å². The SMILES string of the molecule is O=C(Cc1c[nH]c2ccccc12)NNC(=O)C1CCCN1C(=O)C1CCCCC1. The number of aromatic nitrogens is 1. The van der Waals surface area contributed by atoms with Crippen molar-refractivity contribution in [1.29, 1.82) is 0 Å². The summed E-state index contributed by atoms with van der Waals surface area (Å²) in [6.07, 6.45) is 8.65. The molecular weight excluding hydrogens is 368 g/mol. The van der Waals surface area contributed by atoms with Gasteiger partial charge >= 0.3 is 0 Å². The van der Waals surface area contributed by atoms with E-state index in [9.17, 15) is 14.4 Å². The molecule has 3 N–H and O–H groups in total. The van der Waals surface area contributed by atoms with Crippen LogP contribution in [0.1, 0.15) is 50.5 Å². The second kappa shape index (κ2) is 8.68. The highest BCUT2D eigenvalue weighted by molar-refractivity contribution is 5.92. The van der Waals surface area contributed by atoms with Gasteiger partial charge in [0.1, 0.15) is 6.04 Å². The van der Waals surface area contributed by atoms with Crippen LogP contribution in [-0.2, 0) is 20.8 Å². The molecule has 1 aromatic heterocycles. The van der Waals surface area contributed by atoms with Crippen LogP contribution >= 0.6 is 0 Å². The van der Waals surface area contributed by atoms with Crippen LogP contribution in [0.3, 0.4) is 0 Å². The molecule has 1 aliphatic carbocycles. The van der Waals surface area contributed by atoms with E-state index in [1.54, 1.807) is 4.90 Å². The fourth-order valence-electron chi connectivity index (χ4n) is 4.60. The molecule has 154 valence electrons. The zero-order chi connectivity index (χ0) is 20.2. The molecule has 1 aliphatic heterocycles. The van der Waals surface area contributed by atoms with Crippen molar-refractivity contribution in [1.82, 2.24) is 20.7 Å². The molecule has 1 atom stereocenters. The summed E-state index contributed by atoms with van der Waals surface area (Å²) < 4.78 is 0. The Kier molecular flexibility index (Phi) is 5.83. The van der Waals surface area contributed by atoms with Gasteiger partial charge in [-0.3, -0.25) is 25.2 Å². The Morgan fingerprint density at radius 1 is 1.00 bits per heavy atom. The van der Waals surface area contributed by atoms with Crippen molar-refractivity contribution in [2.75, 3.05) is 6.54 Å². The fourth-order valence-corrected chi connectivity index (χ4v) is 4.60. The maximum Gasteiger partial charge on any atom is 0.261 e. The van der Waals surface area contributed by atoms with E-state index < -0.39 is 6.04 Å². The van der Waals surface area contributed by atoms with E-state index in [0.717, 1.165) is 48.6 Å². The van der Waals surface area contributed by atoms with Gasteiger partial charge in [0, 0.05) is 29.6 Å². The normalized spacial score (nSPS) is 20.0. The van der Waals surface area contributed by atoms with E-state index in [0.29, 0.717) is 13.0 Å². The Morgan fingerprint density at radius 2 is 1.79 bits per heavy atom. The van der Waals surface area contributed by atoms with Gasteiger partial charge in [0.15, 0.2) is 0 Å². The van der Waals surface area contributed by atoms with Crippen molar-refractivity contribution in [2.24, 2.45) is 5.92 Å². The number of hydrogen-bond donors (Lipinski definition) is 3. The quantitative estimate of drug-likeness (QED) is 0.693. The third-order valence-electron chi connectivity index (χ3n) is 6.14. The highest BCUT2D eigenvalue weighted by atomic mass is 16.2. The summed E-state index contributed by atoms with van der Waals surface area (Å²) in [6.45, 7) is 0.622. The zero-order valence-corrected chi connectivity index (χ0v) is 16.6. The number of likely N-dealkylation sites (tertiary alicyclic amines) is 1. The van der Waals surface area contributed by atoms with Gasteiger partial charge in [0.05, 0.1) is 6.42 Å². The molecule has 1 saturated carbocycles. The number of hydrogen-bond acceptors (Lipinski definition) is 3. The number of nitrogens with zero attached hydrogens (tertiary/aromatic N) is 1. The molecule has 7 heteroatoms. The minimum atomic E-state index is -0.488. The molecule has 2 aromatic rings. The second-order valence-electron chi connectivity index (χ2n) is 8.10. The van der Waals surface area contributed by atoms with Crippen molar-refractivity contribution in [3.05, 3.63) is 36.0 Å². The van der Waals surface area contributed by atoms with E-state index in [2.05, 4.69) is 15.8 Å². The third-order valence-corrected chi connectivity index (χ3v) is 6.14. The largest absolute Gasteiger partial charge is 0.361 e. The number of hydrazine groups is 1. The van der Waals surface area contributed by atoms with Crippen LogP contribution in [0.4, 0.5) is 0 Å². The standard InChI is InChI=1S/C22H28N4O3/c27-20(13-16-14-23-18-10-5-4-9-17(16)18)24-25-21(28)19-11-6-12-26(19)22(29)15-7-2-1-3-8-15/h4-5,9-10,14-15,19,23H,1-3,6-8,11-13H2,(H,24,27)(H,25,28). The zero-order valence-electron chi connectivity index (χ0n) is 16.6. The second-order valence-corrected chi connectivity index (χ2v) is 8.10. The summed E-state index contributed by atoms with van der Waals surface area (Å²) in [4.78, 5) is 42.7. The highest BCUT2D eigenvalue weighted by Gasteiger charge is 2.37. The number of carbonyl (C=O) groups excluding carboxylic acids is 3. The minimum Gasteiger partial charge on any atom is -0.361 e. The molecule has 4 rings (SSSR count). The van der Waals surface area contributed by atoms with Crippen LogP contribution in [0.2, 0.25) is 0 Å². The van der Waals surface area contributed by atoms with Crippen molar-refractivity contribution in [2.45, 2.75) is 57.4 Å². The number of amides is 3. The molecule has 0 spiro atoms. The summed E-state index contributed by atoms with van der Waals surface area (Å²) in [7, 11) is 0. The summed E-state index contributed by atoms with van der Waals surface area (Å²) in [5, 5.41) is 0.994. The first-order chi connectivity index (χ1) is 14.1. The molecule has 3 amide bonds. The first-order valence-electron chi connectivity index (χ1n) is 10.6. The van der Waals surface area contributed by atoms with Gasteiger partial charge in [-0.05, 0) is 37.3 Å². The molecule has 1 unspecified atom stereocenters. The van der Waals surface area contributed by atoms with Crippen LogP contribution in [-0.4, -0.2) is 40.2 Å². The lowest BCUT2D eigenvalue weighted by Gasteiger charge is -2.30. The van der Waals surface area contributed by atoms with Gasteiger partial charge < -0.3 is 9.88 Å². The number of rotatable bonds is 4. The van der Waals surface area contributed by atoms with Crippen molar-refractivity contribution in [3.8, 4) is 0 Å². The molecule has 29 heavy (non-hydrogen) atoms. The van der Waals surface area contributed by atoms with E-state index in [4.69, 9.17) is 0 Å². The Bertz CT molecular complexity index is 900. The van der Waals surface area contributed by atoms with E-state index in [1.807, 2.05) is 30.5 Å². The molecule has 1 saturated heterocycles. The lowest BCUT2D eigenvalue weighted by Crippen LogP contribution is -2.52. The van der Waals surface area contributed by atoms with Gasteiger partial charge in [0.25, 0.3) is 5.91 Å². The van der Waals surface area contributed by atoms with Crippen LogP contribution in [0, 0.1) is 5.92 Å². The van der Waals surface area contributed by atoms with E-state index >= 15 is 0 Å². The lowest BCUT2D eigenvalue weighted by atomic mass is 9.88. The van der Waals surface area contributed by atoms with Gasteiger partial charge in [-0.25, -0.2) is 0 Å². The minimum absolute atomic E-state index is 0.0496. The Morgan fingerprint density at radius 3 is 2.62 bits per heavy atom. The maximum atomic E-state index is 12.8. The summed E-state index contributed by atoms with van der Waals surface area (Å²) in [5.41, 5.74) is 6.89. The average molecular weight is 396 g/mol. The van der Waals surface area contributed by atoms with E-state index in [-0.39, 0.29) is 30.1 Å². The number of aromatic amines is 1. The molecule has 1 aromatic carbocycles. The van der Waals surface area contributed by atoms with Crippen LogP contribution in [0.5, 0.6) is 0 Å². The van der Waals surface area contributed by atoms with Gasteiger partial charge in [-0.2, -0.15) is 0 Å². The molecule has 7 nitrogen and oxygen atoms in total. The molecule has 2 aliphatic rings. The monoisotopic (exact) mass is 396 g/mol. The summed E-state index contributed by atoms with van der Waals surface area (Å²) in [5.74, 6) is -0.439. The first kappa shape index (κ1) is 19.5. The summed E-state index contributed by atoms with van der Waals surface area (Å²) in [6, 6.07) is 7.29. The summed E-state index contributed by atoms with van der Waals surface area (Å²) >= 11 is 0. The van der Waals surface area contributed by atoms with Gasteiger partial charge in [0.2, 0.25) is 11.8 Å². The van der Waals surface area contributed by atoms with E-state index in [1.165, 1.54) is 6.42 Å². The average Bonchev–Trinajstić information content (AvgIpc) is 3.40. The molecule has 2 heterocycles. The molecule has 0 radical (unpaired) electrons. The fraction of sp³-hybridized carbons (Fsp3) is 0.500. The highest BCUT2D eigenvalue weighted by Crippen LogP contribution is 2.28. The Balaban J connectivity index is 1.31. The first-order valence-corrected chi connectivity index (χ1v) is 10.6. The predicted molar refractivity (Wildman–Crippen MR) is 110 cm³/mol. The molecule has 2 fully saturated rings. The Labute approximate surface area is 170 Å². The van der Waals surface area contributed by atoms with Gasteiger partial charge in [-0.15, -0.1) is 0 Å². The Hall–Kier alpha value is -2.83. The topological polar surface area (TPSA) is 94.3 Å². The van der Waals surface area contributed by atoms with Crippen molar-refractivity contribution in [3.63, 3.8) is 0 Å². The number of H-pyrrole nitrogens is 1. The number of para-hydroxylation sites is 1. The maximum absolute atomic E-state index is 12.8. The number of carbonyl (C=O) groups is 3. The predicted octanol–water partition coefficient (Wildman–Crippen LogP) is 2.43. The molecular formula is C22H28N4O3. The number of nitrogens with one attached hydrogen (secondary N) is 3. The lowest BCUT2D eigenvalue weighted by molar-refractivity contribution is -0.143. The number of fused-ring (bicyclic) bond motifs is 1. The van der Waals surface area contributed by atoms with Crippen LogP contribution in [0.25, 0.3) is 10.9 Å². The van der Waals surface area contributed by atoms with Crippen LogP contribution in [0.15, 0.2) is 30.5 Å². The van der Waals surface area contributed by atoms with Crippen molar-refractivity contribution < 1.29 is 14.4 Å². The third kappa shape index (κ3) is 4.28. The smallest absolute Gasteiger partial charge is 0.261 e. The number of benzene rings is 1.